The number of aliphatic hydroxyl groups excluding tert-OH is 1. The summed E-state index contributed by atoms with van der Waals surface area (Å²) >= 11 is 0. The van der Waals surface area contributed by atoms with Gasteiger partial charge in [-0.3, -0.25) is 4.68 Å². The highest BCUT2D eigenvalue weighted by molar-refractivity contribution is 5.12. The molecule has 0 amide bonds. The van der Waals surface area contributed by atoms with Gasteiger partial charge < -0.3 is 9.84 Å². The maximum absolute atomic E-state index is 9.76. The van der Waals surface area contributed by atoms with Crippen LogP contribution in [0, 0.1) is 0 Å². The molecule has 14 heavy (non-hydrogen) atoms. The fraction of sp³-hybridized carbons (Fsp3) is 0.700. The van der Waals surface area contributed by atoms with Crippen molar-refractivity contribution in [3.63, 3.8) is 0 Å². The molecule has 0 aliphatic carbocycles. The summed E-state index contributed by atoms with van der Waals surface area (Å²) in [4.78, 5) is 0. The van der Waals surface area contributed by atoms with E-state index in [2.05, 4.69) is 5.10 Å². The van der Waals surface area contributed by atoms with Crippen molar-refractivity contribution in [3.05, 3.63) is 17.5 Å². The summed E-state index contributed by atoms with van der Waals surface area (Å²) in [7, 11) is 1.84. The van der Waals surface area contributed by atoms with Crippen LogP contribution in [0.2, 0.25) is 0 Å². The minimum absolute atomic E-state index is 0.333. The number of aliphatic hydroxyl groups is 1. The molecule has 0 spiro atoms. The molecule has 0 bridgehead atoms. The molecule has 1 aromatic heterocycles. The summed E-state index contributed by atoms with van der Waals surface area (Å²) < 4.78 is 6.87. The van der Waals surface area contributed by atoms with Crippen molar-refractivity contribution < 1.29 is 9.84 Å². The fourth-order valence-corrected chi connectivity index (χ4v) is 1.34. The van der Waals surface area contributed by atoms with Gasteiger partial charge in [0.15, 0.2) is 0 Å². The van der Waals surface area contributed by atoms with Gasteiger partial charge in [0.2, 0.25) is 0 Å². The lowest BCUT2D eigenvalue weighted by molar-refractivity contribution is 0.0377. The average molecular weight is 198 g/mol. The van der Waals surface area contributed by atoms with Crippen molar-refractivity contribution in [1.82, 2.24) is 9.78 Å². The first-order valence-electron chi connectivity index (χ1n) is 4.97. The Morgan fingerprint density at radius 2 is 2.29 bits per heavy atom. The molecule has 1 unspecified atom stereocenters. The van der Waals surface area contributed by atoms with Crippen LogP contribution in [0.15, 0.2) is 6.07 Å². The predicted octanol–water partition coefficient (Wildman–Crippen LogP) is 1.05. The van der Waals surface area contributed by atoms with Crippen LogP contribution < -0.4 is 0 Å². The zero-order valence-electron chi connectivity index (χ0n) is 9.03. The summed E-state index contributed by atoms with van der Waals surface area (Å²) in [6, 6.07) is 1.92. The molecule has 80 valence electrons. The van der Waals surface area contributed by atoms with E-state index in [1.165, 1.54) is 0 Å². The van der Waals surface area contributed by atoms with E-state index in [1.54, 1.807) is 4.68 Å². The van der Waals surface area contributed by atoms with Crippen LogP contribution in [0.4, 0.5) is 0 Å². The lowest BCUT2D eigenvalue weighted by atomic mass is 10.2. The van der Waals surface area contributed by atoms with Crippen LogP contribution in [-0.4, -0.2) is 28.1 Å². The van der Waals surface area contributed by atoms with E-state index in [-0.39, 0.29) is 0 Å². The summed E-state index contributed by atoms with van der Waals surface area (Å²) in [5.74, 6) is 0. The minimum atomic E-state index is -0.576. The fourth-order valence-electron chi connectivity index (χ4n) is 1.34. The molecule has 0 saturated carbocycles. The van der Waals surface area contributed by atoms with Gasteiger partial charge in [-0.05, 0) is 19.4 Å². The Bertz CT molecular complexity index is 284. The highest BCUT2D eigenvalue weighted by Gasteiger charge is 2.13. The molecule has 0 fully saturated rings. The minimum Gasteiger partial charge on any atom is -0.384 e. The van der Waals surface area contributed by atoms with Gasteiger partial charge in [0, 0.05) is 13.7 Å². The van der Waals surface area contributed by atoms with E-state index in [4.69, 9.17) is 4.74 Å². The molecule has 4 heteroatoms. The Balaban J connectivity index is 2.68. The summed E-state index contributed by atoms with van der Waals surface area (Å²) in [5.41, 5.74) is 1.81. The van der Waals surface area contributed by atoms with Crippen molar-refractivity contribution in [1.29, 1.82) is 0 Å². The van der Waals surface area contributed by atoms with Crippen LogP contribution in [0.25, 0.3) is 0 Å². The summed E-state index contributed by atoms with van der Waals surface area (Å²) in [5, 5.41) is 14.0. The van der Waals surface area contributed by atoms with Gasteiger partial charge in [-0.15, -0.1) is 0 Å². The predicted molar refractivity (Wildman–Crippen MR) is 54.0 cm³/mol. The van der Waals surface area contributed by atoms with E-state index in [9.17, 15) is 5.11 Å². The van der Waals surface area contributed by atoms with Gasteiger partial charge in [0.05, 0.1) is 18.0 Å². The van der Waals surface area contributed by atoms with Crippen molar-refractivity contribution >= 4 is 0 Å². The largest absolute Gasteiger partial charge is 0.384 e. The van der Waals surface area contributed by atoms with Crippen LogP contribution in [0.5, 0.6) is 0 Å². The first-order valence-corrected chi connectivity index (χ1v) is 4.97. The van der Waals surface area contributed by atoms with E-state index >= 15 is 0 Å². The molecule has 0 saturated heterocycles. The topological polar surface area (TPSA) is 47.3 Å². The number of ether oxygens (including phenoxy) is 1. The molecular weight excluding hydrogens is 180 g/mol. The average Bonchev–Trinajstić information content (AvgIpc) is 2.56. The zero-order valence-corrected chi connectivity index (χ0v) is 9.03. The maximum atomic E-state index is 9.76. The summed E-state index contributed by atoms with van der Waals surface area (Å²) in [6.07, 6.45) is 0.308. The highest BCUT2D eigenvalue weighted by Crippen LogP contribution is 2.14. The number of hydrogen-bond acceptors (Lipinski definition) is 3. The number of aryl methyl sites for hydroxylation is 2. The second kappa shape index (κ2) is 5.12. The molecule has 0 aliphatic rings. The second-order valence-corrected chi connectivity index (χ2v) is 3.21. The third kappa shape index (κ3) is 2.56. The van der Waals surface area contributed by atoms with E-state index < -0.39 is 6.10 Å². The first-order chi connectivity index (χ1) is 6.69. The van der Waals surface area contributed by atoms with Crippen LogP contribution in [0.1, 0.15) is 31.3 Å². The molecule has 0 aromatic carbocycles. The van der Waals surface area contributed by atoms with E-state index in [0.29, 0.717) is 13.2 Å². The molecule has 0 radical (unpaired) electrons. The van der Waals surface area contributed by atoms with Crippen molar-refractivity contribution in [2.45, 2.75) is 26.4 Å². The Labute approximate surface area is 84.5 Å². The van der Waals surface area contributed by atoms with E-state index in [0.717, 1.165) is 17.8 Å². The Kier molecular flexibility index (Phi) is 4.10. The molecule has 1 rings (SSSR count). The second-order valence-electron chi connectivity index (χ2n) is 3.21. The smallest absolute Gasteiger partial charge is 0.119 e. The third-order valence-corrected chi connectivity index (χ3v) is 2.15. The molecule has 1 heterocycles. The number of aromatic nitrogens is 2. The lowest BCUT2D eigenvalue weighted by Crippen LogP contribution is -2.11. The van der Waals surface area contributed by atoms with Crippen LogP contribution in [-0.2, 0) is 18.2 Å². The van der Waals surface area contributed by atoms with Gasteiger partial charge in [0.25, 0.3) is 0 Å². The van der Waals surface area contributed by atoms with Crippen LogP contribution >= 0.6 is 0 Å². The monoisotopic (exact) mass is 198 g/mol. The van der Waals surface area contributed by atoms with Gasteiger partial charge in [-0.1, -0.05) is 6.92 Å². The normalized spacial score (nSPS) is 13.1. The molecular formula is C10H18N2O2. The van der Waals surface area contributed by atoms with Gasteiger partial charge in [0.1, 0.15) is 6.10 Å². The number of hydrogen-bond donors (Lipinski definition) is 1. The first kappa shape index (κ1) is 11.2. The molecule has 1 aromatic rings. The molecule has 1 atom stereocenters. The highest BCUT2D eigenvalue weighted by atomic mass is 16.5. The number of nitrogens with zero attached hydrogens (tertiary/aromatic N) is 2. The molecule has 4 nitrogen and oxygen atoms in total. The van der Waals surface area contributed by atoms with Crippen molar-refractivity contribution in [2.75, 3.05) is 13.2 Å². The Morgan fingerprint density at radius 3 is 2.79 bits per heavy atom. The van der Waals surface area contributed by atoms with Gasteiger partial charge in [-0.25, -0.2) is 0 Å². The number of rotatable bonds is 5. The van der Waals surface area contributed by atoms with Gasteiger partial charge >= 0.3 is 0 Å². The van der Waals surface area contributed by atoms with E-state index in [1.807, 2.05) is 27.0 Å². The Hall–Kier alpha value is -0.870. The lowest BCUT2D eigenvalue weighted by Gasteiger charge is -2.09. The maximum Gasteiger partial charge on any atom is 0.119 e. The standard InChI is InChI=1S/C10H18N2O2/c1-4-8-6-9(12(3)11-8)10(13)7-14-5-2/h6,10,13H,4-5,7H2,1-3H3. The molecule has 0 aliphatic heterocycles. The summed E-state index contributed by atoms with van der Waals surface area (Å²) in [6.45, 7) is 4.91. The van der Waals surface area contributed by atoms with Crippen molar-refractivity contribution in [2.24, 2.45) is 7.05 Å². The van der Waals surface area contributed by atoms with Crippen LogP contribution in [0.3, 0.4) is 0 Å². The van der Waals surface area contributed by atoms with Gasteiger partial charge in [-0.2, -0.15) is 5.10 Å². The third-order valence-electron chi connectivity index (χ3n) is 2.15. The quantitative estimate of drug-likeness (QED) is 0.769. The zero-order chi connectivity index (χ0) is 10.6. The SMILES string of the molecule is CCOCC(O)c1cc(CC)nn1C. The van der Waals surface area contributed by atoms with Crippen molar-refractivity contribution in [3.8, 4) is 0 Å². The Morgan fingerprint density at radius 1 is 1.57 bits per heavy atom. The molecule has 1 N–H and O–H groups in total.